The van der Waals surface area contributed by atoms with E-state index >= 15 is 0 Å². The molecule has 0 heterocycles. The van der Waals surface area contributed by atoms with Crippen molar-refractivity contribution in [2.24, 2.45) is 5.73 Å². The molecule has 0 amide bonds. The van der Waals surface area contributed by atoms with E-state index < -0.39 is 0 Å². The van der Waals surface area contributed by atoms with Gasteiger partial charge in [0, 0.05) is 10.9 Å². The van der Waals surface area contributed by atoms with E-state index in [9.17, 15) is 0 Å². The standard InChI is InChI=1S/C11H15NS.ClH/c1-3-4-11(12)9-5-7-10(13-2)8-6-9;/h3,5-8,11H,1,4,12H2,2H3;1H/t11-;/m0./s1. The molecule has 0 saturated carbocycles. The van der Waals surface area contributed by atoms with Crippen LogP contribution in [0, 0.1) is 0 Å². The molecule has 1 atom stereocenters. The number of benzene rings is 1. The van der Waals surface area contributed by atoms with E-state index in [4.69, 9.17) is 5.73 Å². The van der Waals surface area contributed by atoms with Crippen LogP contribution in [0.25, 0.3) is 0 Å². The van der Waals surface area contributed by atoms with E-state index in [0.29, 0.717) is 0 Å². The van der Waals surface area contributed by atoms with Crippen LogP contribution < -0.4 is 5.73 Å². The molecule has 78 valence electrons. The van der Waals surface area contributed by atoms with Crippen molar-refractivity contribution in [3.05, 3.63) is 42.5 Å². The summed E-state index contributed by atoms with van der Waals surface area (Å²) >= 11 is 1.74. The molecule has 0 aliphatic rings. The number of rotatable bonds is 4. The first kappa shape index (κ1) is 13.6. The van der Waals surface area contributed by atoms with Crippen LogP contribution in [0.1, 0.15) is 18.0 Å². The number of nitrogens with two attached hydrogens (primary N) is 1. The third-order valence-electron chi connectivity index (χ3n) is 1.96. The van der Waals surface area contributed by atoms with E-state index in [1.54, 1.807) is 11.8 Å². The summed E-state index contributed by atoms with van der Waals surface area (Å²) in [5, 5.41) is 0. The summed E-state index contributed by atoms with van der Waals surface area (Å²) in [6, 6.07) is 8.46. The zero-order valence-electron chi connectivity index (χ0n) is 8.27. The quantitative estimate of drug-likeness (QED) is 0.633. The van der Waals surface area contributed by atoms with Crippen LogP contribution in [0.3, 0.4) is 0 Å². The van der Waals surface area contributed by atoms with E-state index in [2.05, 4.69) is 37.1 Å². The summed E-state index contributed by atoms with van der Waals surface area (Å²) in [4.78, 5) is 1.27. The zero-order chi connectivity index (χ0) is 9.68. The Bertz CT molecular complexity index is 271. The van der Waals surface area contributed by atoms with Crippen LogP contribution in [0.2, 0.25) is 0 Å². The molecule has 1 nitrogen and oxygen atoms in total. The number of hydrogen-bond acceptors (Lipinski definition) is 2. The molecule has 0 aliphatic carbocycles. The first-order valence-corrected chi connectivity index (χ1v) is 5.51. The van der Waals surface area contributed by atoms with Crippen molar-refractivity contribution in [2.45, 2.75) is 17.4 Å². The molecule has 1 rings (SSSR count). The van der Waals surface area contributed by atoms with Crippen LogP contribution in [0.5, 0.6) is 0 Å². The van der Waals surface area contributed by atoms with Crippen LogP contribution in [0.15, 0.2) is 41.8 Å². The Balaban J connectivity index is 0.00000169. The Kier molecular flexibility index (Phi) is 6.71. The van der Waals surface area contributed by atoms with Crippen LogP contribution in [-0.2, 0) is 0 Å². The SMILES string of the molecule is C=CC[C@H](N)c1ccc(SC)cc1.Cl. The fourth-order valence-electron chi connectivity index (χ4n) is 1.17. The lowest BCUT2D eigenvalue weighted by Crippen LogP contribution is -2.08. The fraction of sp³-hybridized carbons (Fsp3) is 0.273. The van der Waals surface area contributed by atoms with E-state index in [-0.39, 0.29) is 18.4 Å². The summed E-state index contributed by atoms with van der Waals surface area (Å²) in [6.45, 7) is 3.68. The number of thioether (sulfide) groups is 1. The topological polar surface area (TPSA) is 26.0 Å². The average molecular weight is 230 g/mol. The minimum absolute atomic E-state index is 0. The Morgan fingerprint density at radius 3 is 2.43 bits per heavy atom. The van der Waals surface area contributed by atoms with Gasteiger partial charge >= 0.3 is 0 Å². The van der Waals surface area contributed by atoms with Gasteiger partial charge in [0.2, 0.25) is 0 Å². The van der Waals surface area contributed by atoms with Crippen molar-refractivity contribution in [1.82, 2.24) is 0 Å². The molecular formula is C11H16ClNS. The van der Waals surface area contributed by atoms with Crippen molar-refractivity contribution in [2.75, 3.05) is 6.26 Å². The maximum atomic E-state index is 5.92. The second-order valence-electron chi connectivity index (χ2n) is 2.90. The second kappa shape index (κ2) is 6.93. The highest BCUT2D eigenvalue weighted by Crippen LogP contribution is 2.19. The number of hydrogen-bond donors (Lipinski definition) is 1. The molecule has 3 heteroatoms. The summed E-state index contributed by atoms with van der Waals surface area (Å²) in [5.41, 5.74) is 7.10. The van der Waals surface area contributed by atoms with Gasteiger partial charge in [-0.25, -0.2) is 0 Å². The van der Waals surface area contributed by atoms with Crippen molar-refractivity contribution in [1.29, 1.82) is 0 Å². The highest BCUT2D eigenvalue weighted by Gasteiger charge is 2.02. The van der Waals surface area contributed by atoms with Gasteiger partial charge < -0.3 is 5.73 Å². The highest BCUT2D eigenvalue weighted by atomic mass is 35.5. The molecule has 0 bridgehead atoms. The lowest BCUT2D eigenvalue weighted by molar-refractivity contribution is 0.741. The molecule has 0 aromatic heterocycles. The van der Waals surface area contributed by atoms with Gasteiger partial charge in [-0.2, -0.15) is 0 Å². The van der Waals surface area contributed by atoms with E-state index in [1.807, 2.05) is 6.08 Å². The average Bonchev–Trinajstić information content (AvgIpc) is 2.18. The molecule has 0 aliphatic heterocycles. The minimum atomic E-state index is 0. The third kappa shape index (κ3) is 3.74. The highest BCUT2D eigenvalue weighted by molar-refractivity contribution is 7.98. The Morgan fingerprint density at radius 1 is 1.43 bits per heavy atom. The van der Waals surface area contributed by atoms with Gasteiger partial charge in [0.15, 0.2) is 0 Å². The molecule has 1 aromatic rings. The van der Waals surface area contributed by atoms with Crippen LogP contribution >= 0.6 is 24.2 Å². The fourth-order valence-corrected chi connectivity index (χ4v) is 1.57. The smallest absolute Gasteiger partial charge is 0.0329 e. The summed E-state index contributed by atoms with van der Waals surface area (Å²) < 4.78 is 0. The van der Waals surface area contributed by atoms with Gasteiger partial charge in [0.25, 0.3) is 0 Å². The first-order chi connectivity index (χ1) is 6.27. The van der Waals surface area contributed by atoms with Crippen LogP contribution in [0.4, 0.5) is 0 Å². The molecule has 14 heavy (non-hydrogen) atoms. The van der Waals surface area contributed by atoms with Gasteiger partial charge in [-0.1, -0.05) is 18.2 Å². The molecular weight excluding hydrogens is 214 g/mol. The summed E-state index contributed by atoms with van der Waals surface area (Å²) in [7, 11) is 0. The predicted molar refractivity (Wildman–Crippen MR) is 67.2 cm³/mol. The Hall–Kier alpha value is -0.440. The predicted octanol–water partition coefficient (Wildman–Crippen LogP) is 3.41. The van der Waals surface area contributed by atoms with Gasteiger partial charge in [0.1, 0.15) is 0 Å². The van der Waals surface area contributed by atoms with E-state index in [1.165, 1.54) is 10.5 Å². The molecule has 0 unspecified atom stereocenters. The first-order valence-electron chi connectivity index (χ1n) is 4.28. The molecule has 0 fully saturated rings. The maximum Gasteiger partial charge on any atom is 0.0329 e. The van der Waals surface area contributed by atoms with Gasteiger partial charge in [-0.05, 0) is 30.4 Å². The monoisotopic (exact) mass is 229 g/mol. The van der Waals surface area contributed by atoms with Crippen molar-refractivity contribution < 1.29 is 0 Å². The van der Waals surface area contributed by atoms with Crippen molar-refractivity contribution in [3.63, 3.8) is 0 Å². The van der Waals surface area contributed by atoms with Crippen molar-refractivity contribution in [3.8, 4) is 0 Å². The van der Waals surface area contributed by atoms with E-state index in [0.717, 1.165) is 6.42 Å². The normalized spacial score (nSPS) is 11.6. The minimum Gasteiger partial charge on any atom is -0.324 e. The molecule has 0 radical (unpaired) electrons. The largest absolute Gasteiger partial charge is 0.324 e. The van der Waals surface area contributed by atoms with Crippen LogP contribution in [-0.4, -0.2) is 6.26 Å². The Morgan fingerprint density at radius 2 is 2.00 bits per heavy atom. The third-order valence-corrected chi connectivity index (χ3v) is 2.71. The molecule has 0 spiro atoms. The molecule has 1 aromatic carbocycles. The maximum absolute atomic E-state index is 5.92. The lowest BCUT2D eigenvalue weighted by Gasteiger charge is -2.09. The second-order valence-corrected chi connectivity index (χ2v) is 3.78. The Labute approximate surface area is 96.2 Å². The lowest BCUT2D eigenvalue weighted by atomic mass is 10.1. The van der Waals surface area contributed by atoms with Crippen molar-refractivity contribution >= 4 is 24.2 Å². The van der Waals surface area contributed by atoms with Gasteiger partial charge in [-0.15, -0.1) is 30.7 Å². The zero-order valence-corrected chi connectivity index (χ0v) is 9.91. The summed E-state index contributed by atoms with van der Waals surface area (Å²) in [5.74, 6) is 0. The van der Waals surface area contributed by atoms with Gasteiger partial charge in [-0.3, -0.25) is 0 Å². The molecule has 2 N–H and O–H groups in total. The summed E-state index contributed by atoms with van der Waals surface area (Å²) in [6.07, 6.45) is 4.75. The van der Waals surface area contributed by atoms with Gasteiger partial charge in [0.05, 0.1) is 0 Å². The molecule has 0 saturated heterocycles. The number of halogens is 1.